The van der Waals surface area contributed by atoms with Gasteiger partial charge in [-0.15, -0.1) is 0 Å². The Morgan fingerprint density at radius 3 is 2.48 bits per heavy atom. The van der Waals surface area contributed by atoms with E-state index in [0.29, 0.717) is 6.42 Å². The summed E-state index contributed by atoms with van der Waals surface area (Å²) in [5.74, 6) is -0.139. The minimum Gasteiger partial charge on any atom is -0.481 e. The molecule has 2 amide bonds. The third kappa shape index (κ3) is 6.33. The van der Waals surface area contributed by atoms with E-state index in [-0.39, 0.29) is 23.9 Å². The lowest BCUT2D eigenvalue weighted by Crippen LogP contribution is -2.51. The molecule has 0 radical (unpaired) electrons. The standard InChI is InChI=1S/C15H24N2O4/c1-10(8-11-6-5-7-21-11)16-14(20)17-12(9-13(18)19)15(2,3)4/h5-7,10,12H,8-9H2,1-4H3,(H,18,19)(H2,16,17,20). The Morgan fingerprint density at radius 1 is 1.33 bits per heavy atom. The molecule has 6 heteroatoms. The first-order valence-electron chi connectivity index (χ1n) is 6.99. The molecule has 2 unspecified atom stereocenters. The zero-order valence-corrected chi connectivity index (χ0v) is 13.0. The van der Waals surface area contributed by atoms with Gasteiger partial charge in [0.25, 0.3) is 0 Å². The average molecular weight is 296 g/mol. The van der Waals surface area contributed by atoms with E-state index >= 15 is 0 Å². The van der Waals surface area contributed by atoms with Crippen LogP contribution in [0.5, 0.6) is 0 Å². The van der Waals surface area contributed by atoms with Crippen molar-refractivity contribution in [2.45, 2.75) is 52.6 Å². The fourth-order valence-electron chi connectivity index (χ4n) is 1.95. The fraction of sp³-hybridized carbons (Fsp3) is 0.600. The highest BCUT2D eigenvalue weighted by molar-refractivity contribution is 5.76. The van der Waals surface area contributed by atoms with Crippen molar-refractivity contribution < 1.29 is 19.1 Å². The maximum Gasteiger partial charge on any atom is 0.315 e. The van der Waals surface area contributed by atoms with E-state index in [4.69, 9.17) is 9.52 Å². The number of hydrogen-bond donors (Lipinski definition) is 3. The molecule has 2 atom stereocenters. The van der Waals surface area contributed by atoms with Crippen LogP contribution in [0.1, 0.15) is 39.9 Å². The molecule has 0 saturated carbocycles. The Labute approximate surface area is 124 Å². The molecule has 1 heterocycles. The fourth-order valence-corrected chi connectivity index (χ4v) is 1.95. The van der Waals surface area contributed by atoms with Gasteiger partial charge in [0.1, 0.15) is 5.76 Å². The summed E-state index contributed by atoms with van der Waals surface area (Å²) in [5.41, 5.74) is -0.333. The zero-order chi connectivity index (χ0) is 16.0. The smallest absolute Gasteiger partial charge is 0.315 e. The van der Waals surface area contributed by atoms with Gasteiger partial charge in [-0.2, -0.15) is 0 Å². The third-order valence-corrected chi connectivity index (χ3v) is 3.19. The van der Waals surface area contributed by atoms with E-state index in [2.05, 4.69) is 10.6 Å². The number of carboxylic acids is 1. The summed E-state index contributed by atoms with van der Waals surface area (Å²) < 4.78 is 5.22. The summed E-state index contributed by atoms with van der Waals surface area (Å²) in [5, 5.41) is 14.5. The van der Waals surface area contributed by atoms with Crippen LogP contribution in [0.3, 0.4) is 0 Å². The monoisotopic (exact) mass is 296 g/mol. The maximum atomic E-state index is 12.0. The molecule has 1 rings (SSSR count). The molecule has 0 saturated heterocycles. The minimum atomic E-state index is -0.932. The van der Waals surface area contributed by atoms with Gasteiger partial charge in [0.05, 0.1) is 12.7 Å². The van der Waals surface area contributed by atoms with E-state index in [1.807, 2.05) is 33.8 Å². The highest BCUT2D eigenvalue weighted by Gasteiger charge is 2.28. The van der Waals surface area contributed by atoms with Crippen molar-refractivity contribution in [1.29, 1.82) is 0 Å². The normalized spacial score (nSPS) is 14.3. The van der Waals surface area contributed by atoms with Crippen LogP contribution >= 0.6 is 0 Å². The van der Waals surface area contributed by atoms with Gasteiger partial charge in [-0.3, -0.25) is 4.79 Å². The molecule has 6 nitrogen and oxygen atoms in total. The first-order chi connectivity index (χ1) is 9.68. The zero-order valence-electron chi connectivity index (χ0n) is 13.0. The van der Waals surface area contributed by atoms with Gasteiger partial charge < -0.3 is 20.2 Å². The highest BCUT2D eigenvalue weighted by Crippen LogP contribution is 2.21. The molecule has 3 N–H and O–H groups in total. The summed E-state index contributed by atoms with van der Waals surface area (Å²) in [6.07, 6.45) is 2.06. The summed E-state index contributed by atoms with van der Waals surface area (Å²) in [6, 6.07) is 2.73. The van der Waals surface area contributed by atoms with Crippen LogP contribution in [0.4, 0.5) is 4.79 Å². The lowest BCUT2D eigenvalue weighted by atomic mass is 9.85. The van der Waals surface area contributed by atoms with Gasteiger partial charge in [-0.05, 0) is 24.5 Å². The molecule has 0 spiro atoms. The van der Waals surface area contributed by atoms with E-state index in [9.17, 15) is 9.59 Å². The van der Waals surface area contributed by atoms with Crippen molar-refractivity contribution in [3.63, 3.8) is 0 Å². The quantitative estimate of drug-likeness (QED) is 0.751. The molecule has 0 aliphatic heterocycles. The number of rotatable bonds is 6. The Morgan fingerprint density at radius 2 is 2.00 bits per heavy atom. The van der Waals surface area contributed by atoms with Crippen molar-refractivity contribution in [1.82, 2.24) is 10.6 Å². The number of furan rings is 1. The van der Waals surface area contributed by atoms with Gasteiger partial charge in [-0.1, -0.05) is 20.8 Å². The lowest BCUT2D eigenvalue weighted by Gasteiger charge is -2.30. The topological polar surface area (TPSA) is 91.6 Å². The van der Waals surface area contributed by atoms with Gasteiger partial charge in [-0.25, -0.2) is 4.79 Å². The SMILES string of the molecule is CC(Cc1ccco1)NC(=O)NC(CC(=O)O)C(C)(C)C. The first kappa shape index (κ1) is 17.1. The largest absolute Gasteiger partial charge is 0.481 e. The molecule has 0 aromatic carbocycles. The predicted octanol–water partition coefficient (Wildman–Crippen LogP) is 2.40. The molecular weight excluding hydrogens is 272 g/mol. The van der Waals surface area contributed by atoms with Crippen LogP contribution in [-0.2, 0) is 11.2 Å². The van der Waals surface area contributed by atoms with Gasteiger partial charge >= 0.3 is 12.0 Å². The molecular formula is C15H24N2O4. The molecule has 118 valence electrons. The van der Waals surface area contributed by atoms with Crippen LogP contribution in [0, 0.1) is 5.41 Å². The summed E-state index contributed by atoms with van der Waals surface area (Å²) in [6.45, 7) is 7.55. The highest BCUT2D eigenvalue weighted by atomic mass is 16.4. The number of nitrogens with one attached hydrogen (secondary N) is 2. The minimum absolute atomic E-state index is 0.108. The van der Waals surface area contributed by atoms with Gasteiger partial charge in [0, 0.05) is 18.5 Å². The number of urea groups is 1. The molecule has 1 aromatic heterocycles. The van der Waals surface area contributed by atoms with Crippen molar-refractivity contribution in [2.75, 3.05) is 0 Å². The van der Waals surface area contributed by atoms with Crippen LogP contribution in [0.2, 0.25) is 0 Å². The lowest BCUT2D eigenvalue weighted by molar-refractivity contribution is -0.138. The second-order valence-corrected chi connectivity index (χ2v) is 6.32. The maximum absolute atomic E-state index is 12.0. The van der Waals surface area contributed by atoms with Gasteiger partial charge in [0.15, 0.2) is 0 Å². The first-order valence-corrected chi connectivity index (χ1v) is 6.99. The molecule has 21 heavy (non-hydrogen) atoms. The van der Waals surface area contributed by atoms with Crippen molar-refractivity contribution in [3.05, 3.63) is 24.2 Å². The van der Waals surface area contributed by atoms with E-state index in [1.54, 1.807) is 12.3 Å². The Kier molecular flexibility index (Phi) is 5.81. The number of carbonyl (C=O) groups is 2. The predicted molar refractivity (Wildman–Crippen MR) is 79.0 cm³/mol. The molecule has 0 bridgehead atoms. The van der Waals surface area contributed by atoms with Crippen molar-refractivity contribution in [3.8, 4) is 0 Å². The third-order valence-electron chi connectivity index (χ3n) is 3.19. The van der Waals surface area contributed by atoms with Crippen LogP contribution < -0.4 is 10.6 Å². The van der Waals surface area contributed by atoms with Crippen LogP contribution in [0.25, 0.3) is 0 Å². The van der Waals surface area contributed by atoms with E-state index in [1.165, 1.54) is 0 Å². The van der Waals surface area contributed by atoms with E-state index < -0.39 is 12.0 Å². The number of aliphatic carboxylic acids is 1. The Bertz CT molecular complexity index is 463. The second kappa shape index (κ2) is 7.15. The number of hydrogen-bond acceptors (Lipinski definition) is 3. The number of amides is 2. The molecule has 1 aromatic rings. The molecule has 0 aliphatic carbocycles. The molecule has 0 aliphatic rings. The number of carbonyl (C=O) groups excluding carboxylic acids is 1. The average Bonchev–Trinajstić information content (AvgIpc) is 2.78. The van der Waals surface area contributed by atoms with Crippen molar-refractivity contribution >= 4 is 12.0 Å². The van der Waals surface area contributed by atoms with Gasteiger partial charge in [0.2, 0.25) is 0 Å². The van der Waals surface area contributed by atoms with Crippen LogP contribution in [-0.4, -0.2) is 29.2 Å². The summed E-state index contributed by atoms with van der Waals surface area (Å²) in [4.78, 5) is 22.9. The van der Waals surface area contributed by atoms with Crippen LogP contribution in [0.15, 0.2) is 22.8 Å². The second-order valence-electron chi connectivity index (χ2n) is 6.32. The summed E-state index contributed by atoms with van der Waals surface area (Å²) in [7, 11) is 0. The molecule has 0 fully saturated rings. The van der Waals surface area contributed by atoms with E-state index in [0.717, 1.165) is 5.76 Å². The Balaban J connectivity index is 2.51. The summed E-state index contributed by atoms with van der Waals surface area (Å²) >= 11 is 0. The van der Waals surface area contributed by atoms with Crippen molar-refractivity contribution in [2.24, 2.45) is 5.41 Å². The number of carboxylic acid groups (broad SMARTS) is 1. The Hall–Kier alpha value is -1.98.